The summed E-state index contributed by atoms with van der Waals surface area (Å²) in [5, 5.41) is 3.66. The number of hydrogen-bond acceptors (Lipinski definition) is 2. The van der Waals surface area contributed by atoms with Crippen molar-refractivity contribution in [3.8, 4) is 0 Å². The van der Waals surface area contributed by atoms with Gasteiger partial charge >= 0.3 is 0 Å². The van der Waals surface area contributed by atoms with E-state index in [1.54, 1.807) is 0 Å². The topological polar surface area (TPSA) is 29.9 Å². The number of aromatic nitrogens is 2. The standard InChI is InChI=1S/C14H25N3/c1-3-16-14(13-10-15-11-17(13)2)12-8-6-4-5-7-9-12/h10-12,14,16H,3-9H2,1-2H3. The van der Waals surface area contributed by atoms with Gasteiger partial charge in [0, 0.05) is 13.2 Å². The molecule has 1 heterocycles. The van der Waals surface area contributed by atoms with E-state index in [0.717, 1.165) is 12.5 Å². The molecule has 3 nitrogen and oxygen atoms in total. The zero-order valence-corrected chi connectivity index (χ0v) is 11.2. The van der Waals surface area contributed by atoms with E-state index in [1.165, 1.54) is 44.2 Å². The summed E-state index contributed by atoms with van der Waals surface area (Å²) in [6.07, 6.45) is 12.3. The third-order valence-electron chi connectivity index (χ3n) is 3.97. The van der Waals surface area contributed by atoms with E-state index >= 15 is 0 Å². The van der Waals surface area contributed by atoms with Crippen molar-refractivity contribution in [1.29, 1.82) is 0 Å². The third-order valence-corrected chi connectivity index (χ3v) is 3.97. The minimum Gasteiger partial charge on any atom is -0.336 e. The average molecular weight is 235 g/mol. The number of imidazole rings is 1. The van der Waals surface area contributed by atoms with E-state index in [-0.39, 0.29) is 0 Å². The summed E-state index contributed by atoms with van der Waals surface area (Å²) in [7, 11) is 2.10. The number of rotatable bonds is 4. The van der Waals surface area contributed by atoms with Crippen LogP contribution in [0.1, 0.15) is 57.2 Å². The molecule has 0 bridgehead atoms. The lowest BCUT2D eigenvalue weighted by Gasteiger charge is -2.27. The van der Waals surface area contributed by atoms with Gasteiger partial charge in [0.1, 0.15) is 0 Å². The first-order valence-electron chi connectivity index (χ1n) is 7.02. The summed E-state index contributed by atoms with van der Waals surface area (Å²) in [4.78, 5) is 4.27. The van der Waals surface area contributed by atoms with Crippen molar-refractivity contribution in [1.82, 2.24) is 14.9 Å². The molecule has 0 spiro atoms. The summed E-state index contributed by atoms with van der Waals surface area (Å²) in [5.74, 6) is 0.785. The van der Waals surface area contributed by atoms with Crippen molar-refractivity contribution in [2.45, 2.75) is 51.5 Å². The van der Waals surface area contributed by atoms with Crippen LogP contribution in [-0.2, 0) is 7.05 Å². The summed E-state index contributed by atoms with van der Waals surface area (Å²) in [6, 6.07) is 0.491. The molecule has 1 aliphatic carbocycles. The van der Waals surface area contributed by atoms with E-state index in [9.17, 15) is 0 Å². The predicted molar refractivity (Wildman–Crippen MR) is 70.8 cm³/mol. The highest BCUT2D eigenvalue weighted by Gasteiger charge is 2.25. The second-order valence-corrected chi connectivity index (χ2v) is 5.22. The Balaban J connectivity index is 2.13. The van der Waals surface area contributed by atoms with Gasteiger partial charge in [-0.2, -0.15) is 0 Å². The lowest BCUT2D eigenvalue weighted by molar-refractivity contribution is 0.319. The third kappa shape index (κ3) is 3.09. The van der Waals surface area contributed by atoms with Crippen LogP contribution in [0.15, 0.2) is 12.5 Å². The molecule has 1 unspecified atom stereocenters. The maximum atomic E-state index is 4.27. The van der Waals surface area contributed by atoms with Gasteiger partial charge in [-0.1, -0.05) is 32.6 Å². The Morgan fingerprint density at radius 1 is 1.35 bits per heavy atom. The van der Waals surface area contributed by atoms with Crippen LogP contribution in [0.25, 0.3) is 0 Å². The molecule has 1 aliphatic rings. The highest BCUT2D eigenvalue weighted by atomic mass is 15.1. The first-order chi connectivity index (χ1) is 8.33. The molecular weight excluding hydrogens is 210 g/mol. The van der Waals surface area contributed by atoms with E-state index in [1.807, 2.05) is 12.5 Å². The lowest BCUT2D eigenvalue weighted by Crippen LogP contribution is -2.29. The first-order valence-corrected chi connectivity index (χ1v) is 7.02. The molecule has 0 radical (unpaired) electrons. The highest BCUT2D eigenvalue weighted by Crippen LogP contribution is 2.33. The Bertz CT molecular complexity index is 324. The fraction of sp³-hybridized carbons (Fsp3) is 0.786. The lowest BCUT2D eigenvalue weighted by atomic mass is 9.90. The summed E-state index contributed by atoms with van der Waals surface area (Å²) < 4.78 is 2.16. The molecule has 17 heavy (non-hydrogen) atoms. The smallest absolute Gasteiger partial charge is 0.0946 e. The van der Waals surface area contributed by atoms with Crippen molar-refractivity contribution in [2.24, 2.45) is 13.0 Å². The maximum Gasteiger partial charge on any atom is 0.0946 e. The van der Waals surface area contributed by atoms with Gasteiger partial charge in [-0.05, 0) is 25.3 Å². The number of nitrogens with zero attached hydrogens (tertiary/aromatic N) is 2. The molecule has 2 rings (SSSR count). The molecule has 0 aliphatic heterocycles. The molecule has 0 saturated heterocycles. The minimum atomic E-state index is 0.491. The Morgan fingerprint density at radius 2 is 2.06 bits per heavy atom. The molecule has 1 fully saturated rings. The minimum absolute atomic E-state index is 0.491. The zero-order chi connectivity index (χ0) is 12.1. The normalized spacial score (nSPS) is 20.1. The molecule has 1 N–H and O–H groups in total. The Labute approximate surface area is 105 Å². The maximum absolute atomic E-state index is 4.27. The summed E-state index contributed by atoms with van der Waals surface area (Å²) in [6.45, 7) is 3.23. The van der Waals surface area contributed by atoms with Gasteiger partial charge in [-0.15, -0.1) is 0 Å². The van der Waals surface area contributed by atoms with Crippen LogP contribution in [0, 0.1) is 5.92 Å². The molecule has 3 heteroatoms. The van der Waals surface area contributed by atoms with Crippen molar-refractivity contribution >= 4 is 0 Å². The van der Waals surface area contributed by atoms with Crippen LogP contribution in [0.3, 0.4) is 0 Å². The molecule has 0 amide bonds. The van der Waals surface area contributed by atoms with Crippen molar-refractivity contribution in [3.63, 3.8) is 0 Å². The van der Waals surface area contributed by atoms with Gasteiger partial charge in [0.25, 0.3) is 0 Å². The van der Waals surface area contributed by atoms with Crippen LogP contribution >= 0.6 is 0 Å². The zero-order valence-electron chi connectivity index (χ0n) is 11.2. The van der Waals surface area contributed by atoms with E-state index in [2.05, 4.69) is 28.8 Å². The van der Waals surface area contributed by atoms with Gasteiger partial charge in [0.15, 0.2) is 0 Å². The molecule has 1 saturated carbocycles. The highest BCUT2D eigenvalue weighted by molar-refractivity contribution is 5.07. The number of nitrogens with one attached hydrogen (secondary N) is 1. The van der Waals surface area contributed by atoms with Gasteiger partial charge in [-0.3, -0.25) is 0 Å². The largest absolute Gasteiger partial charge is 0.336 e. The Kier molecular flexibility index (Phi) is 4.60. The van der Waals surface area contributed by atoms with Crippen LogP contribution < -0.4 is 5.32 Å². The second-order valence-electron chi connectivity index (χ2n) is 5.22. The van der Waals surface area contributed by atoms with Crippen LogP contribution in [0.2, 0.25) is 0 Å². The Hall–Kier alpha value is -0.830. The SMILES string of the molecule is CCNC(c1cncn1C)C1CCCCCC1. The molecule has 1 aromatic heterocycles. The van der Waals surface area contributed by atoms with Crippen LogP contribution in [-0.4, -0.2) is 16.1 Å². The van der Waals surface area contributed by atoms with Crippen molar-refractivity contribution in [2.75, 3.05) is 6.54 Å². The first kappa shape index (κ1) is 12.6. The van der Waals surface area contributed by atoms with Gasteiger partial charge < -0.3 is 9.88 Å². The summed E-state index contributed by atoms with van der Waals surface area (Å²) in [5.41, 5.74) is 1.35. The summed E-state index contributed by atoms with van der Waals surface area (Å²) >= 11 is 0. The van der Waals surface area contributed by atoms with Crippen LogP contribution in [0.4, 0.5) is 0 Å². The fourth-order valence-electron chi connectivity index (χ4n) is 3.04. The van der Waals surface area contributed by atoms with Crippen LogP contribution in [0.5, 0.6) is 0 Å². The molecule has 1 aromatic rings. The van der Waals surface area contributed by atoms with Gasteiger partial charge in [0.05, 0.1) is 18.1 Å². The number of hydrogen-bond donors (Lipinski definition) is 1. The van der Waals surface area contributed by atoms with Crippen molar-refractivity contribution in [3.05, 3.63) is 18.2 Å². The molecule has 96 valence electrons. The fourth-order valence-corrected chi connectivity index (χ4v) is 3.04. The van der Waals surface area contributed by atoms with Crippen molar-refractivity contribution < 1.29 is 0 Å². The second kappa shape index (κ2) is 6.20. The quantitative estimate of drug-likeness (QED) is 0.813. The monoisotopic (exact) mass is 235 g/mol. The van der Waals surface area contributed by atoms with Gasteiger partial charge in [0.2, 0.25) is 0 Å². The molecular formula is C14H25N3. The predicted octanol–water partition coefficient (Wildman–Crippen LogP) is 3.04. The van der Waals surface area contributed by atoms with Gasteiger partial charge in [-0.25, -0.2) is 4.98 Å². The molecule has 1 atom stereocenters. The number of aryl methyl sites for hydroxylation is 1. The Morgan fingerprint density at radius 3 is 2.59 bits per heavy atom. The van der Waals surface area contributed by atoms with E-state index in [4.69, 9.17) is 0 Å². The van der Waals surface area contributed by atoms with E-state index in [0.29, 0.717) is 6.04 Å². The average Bonchev–Trinajstić information content (AvgIpc) is 2.60. The molecule has 0 aromatic carbocycles. The van der Waals surface area contributed by atoms with E-state index < -0.39 is 0 Å².